The Morgan fingerprint density at radius 3 is 2.39 bits per heavy atom. The van der Waals surface area contributed by atoms with Gasteiger partial charge in [0.1, 0.15) is 5.75 Å². The van der Waals surface area contributed by atoms with Gasteiger partial charge in [0.15, 0.2) is 0 Å². The fourth-order valence-corrected chi connectivity index (χ4v) is 2.03. The number of rotatable bonds is 6. The molecule has 0 saturated carbocycles. The summed E-state index contributed by atoms with van der Waals surface area (Å²) >= 11 is 6.25. The van der Waals surface area contributed by atoms with E-state index in [9.17, 15) is 0 Å². The predicted octanol–water partition coefficient (Wildman–Crippen LogP) is 5.60. The SMILES string of the molecule is CCCCCCOc1ccc(C(C)(C)C)cc1Cl. The summed E-state index contributed by atoms with van der Waals surface area (Å²) in [5.41, 5.74) is 1.37. The topological polar surface area (TPSA) is 9.23 Å². The van der Waals surface area contributed by atoms with Gasteiger partial charge in [0.25, 0.3) is 0 Å². The third-order valence-electron chi connectivity index (χ3n) is 3.05. The van der Waals surface area contributed by atoms with Gasteiger partial charge in [0.05, 0.1) is 11.6 Å². The number of ether oxygens (including phenoxy) is 1. The van der Waals surface area contributed by atoms with Crippen LogP contribution in [0.25, 0.3) is 0 Å². The summed E-state index contributed by atoms with van der Waals surface area (Å²) in [6, 6.07) is 6.11. The molecule has 0 atom stereocenters. The fraction of sp³-hybridized carbons (Fsp3) is 0.625. The summed E-state index contributed by atoms with van der Waals surface area (Å²) in [4.78, 5) is 0. The summed E-state index contributed by atoms with van der Waals surface area (Å²) in [5, 5.41) is 0.720. The van der Waals surface area contributed by atoms with Crippen molar-refractivity contribution in [3.8, 4) is 5.75 Å². The Labute approximate surface area is 116 Å². The molecule has 0 aromatic heterocycles. The van der Waals surface area contributed by atoms with E-state index in [1.54, 1.807) is 0 Å². The first kappa shape index (κ1) is 15.4. The van der Waals surface area contributed by atoms with Crippen LogP contribution in [0, 0.1) is 0 Å². The van der Waals surface area contributed by atoms with E-state index in [-0.39, 0.29) is 5.41 Å². The standard InChI is InChI=1S/C16H25ClO/c1-5-6-7-8-11-18-15-10-9-13(12-14(15)17)16(2,3)4/h9-10,12H,5-8,11H2,1-4H3. The second-order valence-electron chi connectivity index (χ2n) is 5.80. The molecule has 1 rings (SSSR count). The highest BCUT2D eigenvalue weighted by Crippen LogP contribution is 2.31. The van der Waals surface area contributed by atoms with Gasteiger partial charge in [-0.3, -0.25) is 0 Å². The van der Waals surface area contributed by atoms with Gasteiger partial charge >= 0.3 is 0 Å². The summed E-state index contributed by atoms with van der Waals surface area (Å²) < 4.78 is 5.72. The van der Waals surface area contributed by atoms with E-state index >= 15 is 0 Å². The Hall–Kier alpha value is -0.690. The summed E-state index contributed by atoms with van der Waals surface area (Å²) in [6.07, 6.45) is 4.86. The average molecular weight is 269 g/mol. The van der Waals surface area contributed by atoms with Crippen LogP contribution >= 0.6 is 11.6 Å². The van der Waals surface area contributed by atoms with E-state index in [0.29, 0.717) is 0 Å². The maximum absolute atomic E-state index is 6.25. The van der Waals surface area contributed by atoms with Crippen LogP contribution in [0.3, 0.4) is 0 Å². The Morgan fingerprint density at radius 2 is 1.83 bits per heavy atom. The van der Waals surface area contributed by atoms with E-state index in [2.05, 4.69) is 33.8 Å². The molecule has 1 aromatic carbocycles. The second-order valence-corrected chi connectivity index (χ2v) is 6.21. The van der Waals surface area contributed by atoms with Crippen LogP contribution in [0.15, 0.2) is 18.2 Å². The lowest BCUT2D eigenvalue weighted by molar-refractivity contribution is 0.305. The molecule has 0 aliphatic heterocycles. The highest BCUT2D eigenvalue weighted by molar-refractivity contribution is 6.32. The molecule has 0 N–H and O–H groups in total. The third kappa shape index (κ3) is 4.89. The third-order valence-corrected chi connectivity index (χ3v) is 3.35. The molecule has 0 radical (unpaired) electrons. The van der Waals surface area contributed by atoms with Crippen molar-refractivity contribution in [2.45, 2.75) is 58.8 Å². The van der Waals surface area contributed by atoms with Gasteiger partial charge in [-0.2, -0.15) is 0 Å². The van der Waals surface area contributed by atoms with E-state index < -0.39 is 0 Å². The zero-order valence-corrected chi connectivity index (χ0v) is 12.8. The first-order valence-corrected chi connectivity index (χ1v) is 7.25. The van der Waals surface area contributed by atoms with Crippen LogP contribution < -0.4 is 4.74 Å². The molecule has 1 nitrogen and oxygen atoms in total. The smallest absolute Gasteiger partial charge is 0.137 e. The monoisotopic (exact) mass is 268 g/mol. The molecule has 0 aliphatic rings. The van der Waals surface area contributed by atoms with Gasteiger partial charge in [-0.05, 0) is 29.5 Å². The van der Waals surface area contributed by atoms with Crippen LogP contribution in [0.2, 0.25) is 5.02 Å². The van der Waals surface area contributed by atoms with Crippen molar-refractivity contribution in [1.82, 2.24) is 0 Å². The lowest BCUT2D eigenvalue weighted by Gasteiger charge is -2.20. The lowest BCUT2D eigenvalue weighted by Crippen LogP contribution is -2.11. The van der Waals surface area contributed by atoms with Crippen LogP contribution in [0.1, 0.15) is 58.9 Å². The zero-order chi connectivity index (χ0) is 13.6. The van der Waals surface area contributed by atoms with Gasteiger partial charge in [-0.25, -0.2) is 0 Å². The second kappa shape index (κ2) is 7.04. The zero-order valence-electron chi connectivity index (χ0n) is 12.1. The Bertz CT molecular complexity index is 366. The molecule has 0 heterocycles. The first-order valence-electron chi connectivity index (χ1n) is 6.88. The van der Waals surface area contributed by atoms with E-state index in [1.807, 2.05) is 12.1 Å². The number of halogens is 1. The van der Waals surface area contributed by atoms with Crippen molar-refractivity contribution in [3.63, 3.8) is 0 Å². The average Bonchev–Trinajstić information content (AvgIpc) is 2.29. The van der Waals surface area contributed by atoms with Crippen molar-refractivity contribution in [1.29, 1.82) is 0 Å². The van der Waals surface area contributed by atoms with Crippen LogP contribution in [0.4, 0.5) is 0 Å². The van der Waals surface area contributed by atoms with Crippen molar-refractivity contribution in [2.75, 3.05) is 6.61 Å². The number of benzene rings is 1. The van der Waals surface area contributed by atoms with Gasteiger partial charge in [0, 0.05) is 0 Å². The summed E-state index contributed by atoms with van der Waals surface area (Å²) in [7, 11) is 0. The molecule has 0 bridgehead atoms. The summed E-state index contributed by atoms with van der Waals surface area (Å²) in [6.45, 7) is 9.52. The normalized spacial score (nSPS) is 11.6. The number of hydrogen-bond acceptors (Lipinski definition) is 1. The van der Waals surface area contributed by atoms with Crippen molar-refractivity contribution in [2.24, 2.45) is 0 Å². The van der Waals surface area contributed by atoms with Gasteiger partial charge in [0.2, 0.25) is 0 Å². The fourth-order valence-electron chi connectivity index (χ4n) is 1.80. The van der Waals surface area contributed by atoms with E-state index in [1.165, 1.54) is 24.8 Å². The largest absolute Gasteiger partial charge is 0.492 e. The van der Waals surface area contributed by atoms with Crippen LogP contribution in [-0.2, 0) is 5.41 Å². The van der Waals surface area contributed by atoms with Crippen LogP contribution in [-0.4, -0.2) is 6.61 Å². The molecule has 0 amide bonds. The Morgan fingerprint density at radius 1 is 1.11 bits per heavy atom. The number of hydrogen-bond donors (Lipinski definition) is 0. The molecular weight excluding hydrogens is 244 g/mol. The van der Waals surface area contributed by atoms with Crippen molar-refractivity contribution < 1.29 is 4.74 Å². The lowest BCUT2D eigenvalue weighted by atomic mass is 9.87. The Balaban J connectivity index is 2.53. The van der Waals surface area contributed by atoms with Gasteiger partial charge in [-0.1, -0.05) is 64.6 Å². The maximum atomic E-state index is 6.25. The molecule has 0 spiro atoms. The Kier molecular flexibility index (Phi) is 6.01. The minimum atomic E-state index is 0.128. The summed E-state index contributed by atoms with van der Waals surface area (Å²) in [5.74, 6) is 0.807. The van der Waals surface area contributed by atoms with Gasteiger partial charge < -0.3 is 4.74 Å². The molecule has 1 aromatic rings. The minimum Gasteiger partial charge on any atom is -0.492 e. The molecular formula is C16H25ClO. The van der Waals surface area contributed by atoms with E-state index in [4.69, 9.17) is 16.3 Å². The molecule has 2 heteroatoms. The maximum Gasteiger partial charge on any atom is 0.137 e. The molecule has 0 aliphatic carbocycles. The van der Waals surface area contributed by atoms with Crippen LogP contribution in [0.5, 0.6) is 5.75 Å². The molecule has 0 unspecified atom stereocenters. The van der Waals surface area contributed by atoms with Crippen molar-refractivity contribution in [3.05, 3.63) is 28.8 Å². The minimum absolute atomic E-state index is 0.128. The molecule has 18 heavy (non-hydrogen) atoms. The first-order chi connectivity index (χ1) is 8.45. The van der Waals surface area contributed by atoms with Crippen molar-refractivity contribution >= 4 is 11.6 Å². The highest BCUT2D eigenvalue weighted by atomic mass is 35.5. The molecule has 102 valence electrons. The van der Waals surface area contributed by atoms with Gasteiger partial charge in [-0.15, -0.1) is 0 Å². The van der Waals surface area contributed by atoms with E-state index in [0.717, 1.165) is 23.8 Å². The number of unbranched alkanes of at least 4 members (excludes halogenated alkanes) is 3. The quantitative estimate of drug-likeness (QED) is 0.611. The predicted molar refractivity (Wildman–Crippen MR) is 79.8 cm³/mol. The molecule has 0 saturated heterocycles. The highest BCUT2D eigenvalue weighted by Gasteiger charge is 2.15. The molecule has 0 fully saturated rings.